The lowest BCUT2D eigenvalue weighted by atomic mass is 10.1. The molecule has 0 unspecified atom stereocenters. The molecule has 0 aliphatic carbocycles. The Balaban J connectivity index is 1.92. The summed E-state index contributed by atoms with van der Waals surface area (Å²) in [5, 5.41) is 13.3. The van der Waals surface area contributed by atoms with Gasteiger partial charge in [-0.15, -0.1) is 0 Å². The predicted molar refractivity (Wildman–Crippen MR) is 87.5 cm³/mol. The highest BCUT2D eigenvalue weighted by Gasteiger charge is 2.10. The molecule has 4 heteroatoms. The Labute approximate surface area is 129 Å². The van der Waals surface area contributed by atoms with Crippen LogP contribution in [0.5, 0.6) is 0 Å². The Morgan fingerprint density at radius 3 is 2.59 bits per heavy atom. The van der Waals surface area contributed by atoms with Crippen LogP contribution in [0, 0.1) is 18.3 Å². The molecule has 0 spiro atoms. The van der Waals surface area contributed by atoms with Crippen LogP contribution in [0.25, 0.3) is 10.9 Å². The number of rotatable bonds is 3. The molecule has 2 aromatic carbocycles. The molecule has 3 rings (SSSR count). The molecule has 0 radical (unpaired) electrons. The number of para-hydroxylation sites is 1. The van der Waals surface area contributed by atoms with Gasteiger partial charge in [-0.3, -0.25) is 0 Å². The van der Waals surface area contributed by atoms with Crippen LogP contribution in [-0.2, 0) is 0 Å². The second-order valence-corrected chi connectivity index (χ2v) is 5.29. The minimum absolute atomic E-state index is 0.0892. The highest BCUT2D eigenvalue weighted by molar-refractivity contribution is 5.90. The van der Waals surface area contributed by atoms with E-state index in [4.69, 9.17) is 5.26 Å². The summed E-state index contributed by atoms with van der Waals surface area (Å²) in [5.74, 6) is 0.825. The zero-order chi connectivity index (χ0) is 15.5. The number of aromatic nitrogens is 2. The maximum absolute atomic E-state index is 8.86. The number of anilines is 1. The molecule has 0 amide bonds. The first-order valence-electron chi connectivity index (χ1n) is 7.16. The summed E-state index contributed by atoms with van der Waals surface area (Å²) in [5.41, 5.74) is 3.87. The van der Waals surface area contributed by atoms with Gasteiger partial charge in [0.15, 0.2) is 0 Å². The number of aryl methyl sites for hydroxylation is 1. The van der Waals surface area contributed by atoms with Gasteiger partial charge in [0.2, 0.25) is 0 Å². The first-order valence-corrected chi connectivity index (χ1v) is 7.16. The molecule has 0 aliphatic heterocycles. The molecule has 0 bridgehead atoms. The predicted octanol–water partition coefficient (Wildman–Crippen LogP) is 3.98. The fraction of sp³-hybridized carbons (Fsp3) is 0.167. The summed E-state index contributed by atoms with van der Waals surface area (Å²) in [6, 6.07) is 15.9. The fourth-order valence-electron chi connectivity index (χ4n) is 2.49. The molecule has 3 aromatic rings. The van der Waals surface area contributed by atoms with Crippen LogP contribution in [0.1, 0.15) is 29.7 Å². The second kappa shape index (κ2) is 5.82. The van der Waals surface area contributed by atoms with Crippen LogP contribution < -0.4 is 5.32 Å². The van der Waals surface area contributed by atoms with E-state index in [2.05, 4.69) is 28.3 Å². The zero-order valence-corrected chi connectivity index (χ0v) is 12.5. The molecule has 0 aliphatic rings. The number of fused-ring (bicyclic) bond motifs is 1. The quantitative estimate of drug-likeness (QED) is 0.791. The second-order valence-electron chi connectivity index (χ2n) is 5.29. The van der Waals surface area contributed by atoms with E-state index in [-0.39, 0.29) is 6.04 Å². The van der Waals surface area contributed by atoms with E-state index in [1.807, 2.05) is 49.4 Å². The van der Waals surface area contributed by atoms with Crippen molar-refractivity contribution in [3.05, 3.63) is 65.5 Å². The topological polar surface area (TPSA) is 61.6 Å². The molecule has 1 N–H and O–H groups in total. The average Bonchev–Trinajstić information content (AvgIpc) is 2.56. The van der Waals surface area contributed by atoms with E-state index >= 15 is 0 Å². The summed E-state index contributed by atoms with van der Waals surface area (Å²) in [6.45, 7) is 4.12. The smallest absolute Gasteiger partial charge is 0.137 e. The Hall–Kier alpha value is -2.93. The van der Waals surface area contributed by atoms with E-state index in [9.17, 15) is 0 Å². The van der Waals surface area contributed by atoms with Crippen molar-refractivity contribution in [3.63, 3.8) is 0 Å². The van der Waals surface area contributed by atoms with Gasteiger partial charge in [-0.05, 0) is 43.2 Å². The minimum atomic E-state index is 0.0892. The van der Waals surface area contributed by atoms with Crippen molar-refractivity contribution in [3.8, 4) is 6.07 Å². The Morgan fingerprint density at radius 2 is 1.86 bits per heavy atom. The summed E-state index contributed by atoms with van der Waals surface area (Å²) < 4.78 is 0. The number of hydrogen-bond donors (Lipinski definition) is 1. The van der Waals surface area contributed by atoms with Crippen molar-refractivity contribution >= 4 is 16.7 Å². The number of benzene rings is 2. The van der Waals surface area contributed by atoms with Crippen molar-refractivity contribution in [2.45, 2.75) is 19.9 Å². The lowest BCUT2D eigenvalue weighted by Gasteiger charge is -2.16. The van der Waals surface area contributed by atoms with E-state index in [1.165, 1.54) is 0 Å². The van der Waals surface area contributed by atoms with Gasteiger partial charge in [0, 0.05) is 11.4 Å². The maximum Gasteiger partial charge on any atom is 0.137 e. The molecular formula is C18H16N4. The molecule has 0 fully saturated rings. The number of nitrogens with one attached hydrogen (secondary N) is 1. The van der Waals surface area contributed by atoms with Crippen LogP contribution in [0.15, 0.2) is 48.8 Å². The molecule has 22 heavy (non-hydrogen) atoms. The number of hydrogen-bond acceptors (Lipinski definition) is 4. The van der Waals surface area contributed by atoms with Crippen molar-refractivity contribution in [1.29, 1.82) is 5.26 Å². The number of nitrogens with zero attached hydrogens (tertiary/aromatic N) is 3. The van der Waals surface area contributed by atoms with Crippen LogP contribution in [0.2, 0.25) is 0 Å². The minimum Gasteiger partial charge on any atom is -0.363 e. The van der Waals surface area contributed by atoms with Crippen LogP contribution in [0.4, 0.5) is 5.82 Å². The Morgan fingerprint density at radius 1 is 1.09 bits per heavy atom. The Kier molecular flexibility index (Phi) is 3.71. The molecule has 1 aromatic heterocycles. The monoisotopic (exact) mass is 288 g/mol. The normalized spacial score (nSPS) is 11.9. The zero-order valence-electron chi connectivity index (χ0n) is 12.5. The molecule has 1 heterocycles. The first-order chi connectivity index (χ1) is 10.7. The average molecular weight is 288 g/mol. The largest absolute Gasteiger partial charge is 0.363 e. The van der Waals surface area contributed by atoms with Gasteiger partial charge in [-0.2, -0.15) is 5.26 Å². The van der Waals surface area contributed by atoms with Gasteiger partial charge in [0.05, 0.1) is 17.1 Å². The maximum atomic E-state index is 8.86. The standard InChI is InChI=1S/C18H16N4/c1-12-4-3-5-16-17(12)20-11-21-18(16)22-13(2)15-8-6-14(10-19)7-9-15/h3-9,11,13H,1-2H3,(H,20,21,22)/t13-/m1/s1. The van der Waals surface area contributed by atoms with Crippen molar-refractivity contribution in [1.82, 2.24) is 9.97 Å². The number of nitriles is 1. The summed E-state index contributed by atoms with van der Waals surface area (Å²) in [4.78, 5) is 8.73. The van der Waals surface area contributed by atoms with E-state index in [1.54, 1.807) is 6.33 Å². The molecule has 4 nitrogen and oxygen atoms in total. The van der Waals surface area contributed by atoms with E-state index < -0.39 is 0 Å². The van der Waals surface area contributed by atoms with Gasteiger partial charge in [-0.1, -0.05) is 24.3 Å². The third-order valence-corrected chi connectivity index (χ3v) is 3.76. The first kappa shape index (κ1) is 14.0. The Bertz CT molecular complexity index is 847. The van der Waals surface area contributed by atoms with Crippen LogP contribution in [-0.4, -0.2) is 9.97 Å². The van der Waals surface area contributed by atoms with Crippen molar-refractivity contribution in [2.75, 3.05) is 5.32 Å². The summed E-state index contributed by atoms with van der Waals surface area (Å²) in [6.07, 6.45) is 1.59. The highest BCUT2D eigenvalue weighted by Crippen LogP contribution is 2.25. The van der Waals surface area contributed by atoms with Crippen molar-refractivity contribution < 1.29 is 0 Å². The molecular weight excluding hydrogens is 272 g/mol. The van der Waals surface area contributed by atoms with Crippen LogP contribution in [0.3, 0.4) is 0 Å². The molecule has 108 valence electrons. The molecule has 1 atom stereocenters. The third-order valence-electron chi connectivity index (χ3n) is 3.76. The highest BCUT2D eigenvalue weighted by atomic mass is 15.0. The van der Waals surface area contributed by atoms with Gasteiger partial charge in [0.25, 0.3) is 0 Å². The van der Waals surface area contributed by atoms with Gasteiger partial charge in [0.1, 0.15) is 12.1 Å². The molecule has 0 saturated carbocycles. The summed E-state index contributed by atoms with van der Waals surface area (Å²) >= 11 is 0. The fourth-order valence-corrected chi connectivity index (χ4v) is 2.49. The van der Waals surface area contributed by atoms with E-state index in [0.29, 0.717) is 5.56 Å². The van der Waals surface area contributed by atoms with Gasteiger partial charge < -0.3 is 5.32 Å². The van der Waals surface area contributed by atoms with Gasteiger partial charge in [-0.25, -0.2) is 9.97 Å². The van der Waals surface area contributed by atoms with E-state index in [0.717, 1.165) is 27.8 Å². The third kappa shape index (κ3) is 2.61. The lowest BCUT2D eigenvalue weighted by molar-refractivity contribution is 0.875. The lowest BCUT2D eigenvalue weighted by Crippen LogP contribution is -2.08. The van der Waals surface area contributed by atoms with Crippen LogP contribution >= 0.6 is 0 Å². The summed E-state index contributed by atoms with van der Waals surface area (Å²) in [7, 11) is 0. The van der Waals surface area contributed by atoms with Gasteiger partial charge >= 0.3 is 0 Å². The van der Waals surface area contributed by atoms with Crippen molar-refractivity contribution in [2.24, 2.45) is 0 Å². The molecule has 0 saturated heterocycles. The SMILES string of the molecule is Cc1cccc2c(N[C@H](C)c3ccc(C#N)cc3)ncnc12.